The predicted molar refractivity (Wildman–Crippen MR) is 114 cm³/mol. The van der Waals surface area contributed by atoms with Crippen molar-refractivity contribution in [3.05, 3.63) is 47.0 Å². The Morgan fingerprint density at radius 2 is 1.75 bits per heavy atom. The van der Waals surface area contributed by atoms with Crippen LogP contribution < -0.4 is 25.0 Å². The normalized spacial score (nSPS) is 10.5. The SMILES string of the molecule is COc1cc(C=NNC(=S)Nc2ccc(C)cc2C)cc(OC)c1OC(C)=O. The number of carbonyl (C=O) groups is 1. The third kappa shape index (κ3) is 5.68. The lowest BCUT2D eigenvalue weighted by atomic mass is 10.1. The van der Waals surface area contributed by atoms with Crippen molar-refractivity contribution in [1.82, 2.24) is 5.43 Å². The molecule has 0 heterocycles. The van der Waals surface area contributed by atoms with Gasteiger partial charge in [0.2, 0.25) is 5.75 Å². The summed E-state index contributed by atoms with van der Waals surface area (Å²) in [4.78, 5) is 11.3. The van der Waals surface area contributed by atoms with Crippen molar-refractivity contribution in [3.8, 4) is 17.2 Å². The van der Waals surface area contributed by atoms with E-state index in [9.17, 15) is 4.79 Å². The van der Waals surface area contributed by atoms with E-state index in [-0.39, 0.29) is 5.75 Å². The average Bonchev–Trinajstić information content (AvgIpc) is 2.64. The van der Waals surface area contributed by atoms with Crippen molar-refractivity contribution in [2.45, 2.75) is 20.8 Å². The number of hydrogen-bond acceptors (Lipinski definition) is 6. The molecule has 0 saturated heterocycles. The van der Waals surface area contributed by atoms with Crippen molar-refractivity contribution < 1.29 is 19.0 Å². The fraction of sp³-hybridized carbons (Fsp3) is 0.250. The average molecular weight is 401 g/mol. The molecule has 2 rings (SSSR count). The highest BCUT2D eigenvalue weighted by Crippen LogP contribution is 2.38. The summed E-state index contributed by atoms with van der Waals surface area (Å²) < 4.78 is 15.7. The van der Waals surface area contributed by atoms with E-state index in [0.29, 0.717) is 22.2 Å². The second-order valence-electron chi connectivity index (χ2n) is 5.99. The van der Waals surface area contributed by atoms with E-state index in [1.165, 1.54) is 26.7 Å². The molecule has 0 bridgehead atoms. The van der Waals surface area contributed by atoms with Gasteiger partial charge in [-0.1, -0.05) is 17.7 Å². The number of methoxy groups -OCH3 is 2. The maximum absolute atomic E-state index is 11.3. The van der Waals surface area contributed by atoms with E-state index < -0.39 is 5.97 Å². The first kappa shape index (κ1) is 21.2. The highest BCUT2D eigenvalue weighted by molar-refractivity contribution is 7.80. The maximum atomic E-state index is 11.3. The molecule has 2 aromatic rings. The summed E-state index contributed by atoms with van der Waals surface area (Å²) in [6.07, 6.45) is 1.55. The molecule has 0 spiro atoms. The van der Waals surface area contributed by atoms with E-state index in [1.807, 2.05) is 26.0 Å². The Labute approximate surface area is 169 Å². The molecule has 0 aromatic heterocycles. The molecule has 148 valence electrons. The van der Waals surface area contributed by atoms with E-state index in [2.05, 4.69) is 21.9 Å². The number of nitrogens with one attached hydrogen (secondary N) is 2. The second-order valence-corrected chi connectivity index (χ2v) is 6.40. The largest absolute Gasteiger partial charge is 0.493 e. The zero-order valence-electron chi connectivity index (χ0n) is 16.5. The third-order valence-corrected chi connectivity index (χ3v) is 3.93. The summed E-state index contributed by atoms with van der Waals surface area (Å²) in [7, 11) is 2.95. The molecule has 0 saturated carbocycles. The Morgan fingerprint density at radius 3 is 2.29 bits per heavy atom. The lowest BCUT2D eigenvalue weighted by molar-refractivity contribution is -0.132. The molecule has 0 aliphatic rings. The number of aryl methyl sites for hydroxylation is 2. The van der Waals surface area contributed by atoms with Crippen molar-refractivity contribution >= 4 is 35.2 Å². The van der Waals surface area contributed by atoms with Gasteiger partial charge in [0.05, 0.1) is 20.4 Å². The van der Waals surface area contributed by atoms with Gasteiger partial charge in [0.15, 0.2) is 16.6 Å². The number of hydrazone groups is 1. The number of benzene rings is 2. The maximum Gasteiger partial charge on any atom is 0.308 e. The topological polar surface area (TPSA) is 81.2 Å². The summed E-state index contributed by atoms with van der Waals surface area (Å²) in [5, 5.41) is 7.59. The first-order chi connectivity index (χ1) is 13.3. The Kier molecular flexibility index (Phi) is 7.34. The quantitative estimate of drug-likeness (QED) is 0.252. The minimum atomic E-state index is -0.470. The van der Waals surface area contributed by atoms with E-state index in [1.54, 1.807) is 18.3 Å². The minimum absolute atomic E-state index is 0.217. The Bertz CT molecular complexity index is 887. The third-order valence-electron chi connectivity index (χ3n) is 3.74. The van der Waals surface area contributed by atoms with Crippen LogP contribution >= 0.6 is 12.2 Å². The van der Waals surface area contributed by atoms with Gasteiger partial charge >= 0.3 is 5.97 Å². The molecule has 0 aliphatic carbocycles. The second kappa shape index (κ2) is 9.70. The summed E-state index contributed by atoms with van der Waals surface area (Å²) in [6, 6.07) is 9.38. The number of thiocarbonyl (C=S) groups is 1. The van der Waals surface area contributed by atoms with Gasteiger partial charge < -0.3 is 19.5 Å². The Morgan fingerprint density at radius 1 is 1.11 bits per heavy atom. The van der Waals surface area contributed by atoms with Crippen LogP contribution in [0.1, 0.15) is 23.6 Å². The molecule has 7 nitrogen and oxygen atoms in total. The van der Waals surface area contributed by atoms with Gasteiger partial charge in [-0.3, -0.25) is 10.2 Å². The number of anilines is 1. The zero-order valence-corrected chi connectivity index (χ0v) is 17.3. The molecule has 2 N–H and O–H groups in total. The number of esters is 1. The minimum Gasteiger partial charge on any atom is -0.493 e. The van der Waals surface area contributed by atoms with E-state index >= 15 is 0 Å². The lowest BCUT2D eigenvalue weighted by Gasteiger charge is -2.13. The fourth-order valence-electron chi connectivity index (χ4n) is 2.49. The molecule has 0 radical (unpaired) electrons. The predicted octanol–water partition coefficient (Wildman–Crippen LogP) is 3.57. The van der Waals surface area contributed by atoms with Gasteiger partial charge in [-0.2, -0.15) is 5.10 Å². The van der Waals surface area contributed by atoms with Gasteiger partial charge in [0.1, 0.15) is 0 Å². The first-order valence-electron chi connectivity index (χ1n) is 8.45. The van der Waals surface area contributed by atoms with Crippen LogP contribution in [0.4, 0.5) is 5.69 Å². The van der Waals surface area contributed by atoms with Crippen LogP contribution in [-0.4, -0.2) is 31.5 Å². The Balaban J connectivity index is 2.10. The monoisotopic (exact) mass is 401 g/mol. The summed E-state index contributed by atoms with van der Waals surface area (Å²) in [5.41, 5.74) is 6.62. The summed E-state index contributed by atoms with van der Waals surface area (Å²) >= 11 is 5.27. The molecule has 0 fully saturated rings. The first-order valence-corrected chi connectivity index (χ1v) is 8.86. The number of nitrogens with zero attached hydrogens (tertiary/aromatic N) is 1. The summed E-state index contributed by atoms with van der Waals surface area (Å²) in [6.45, 7) is 5.35. The van der Waals surface area contributed by atoms with E-state index in [4.69, 9.17) is 26.4 Å². The van der Waals surface area contributed by atoms with Gasteiger partial charge in [-0.05, 0) is 49.8 Å². The smallest absolute Gasteiger partial charge is 0.308 e. The van der Waals surface area contributed by atoms with Crippen LogP contribution in [0.3, 0.4) is 0 Å². The fourth-order valence-corrected chi connectivity index (χ4v) is 2.65. The number of ether oxygens (including phenoxy) is 3. The molecule has 0 amide bonds. The van der Waals surface area contributed by atoms with Crippen molar-refractivity contribution in [1.29, 1.82) is 0 Å². The number of hydrogen-bond donors (Lipinski definition) is 2. The van der Waals surface area contributed by atoms with Crippen LogP contribution in [0.15, 0.2) is 35.4 Å². The van der Waals surface area contributed by atoms with Crippen molar-refractivity contribution in [3.63, 3.8) is 0 Å². The van der Waals surface area contributed by atoms with Crippen LogP contribution in [0, 0.1) is 13.8 Å². The summed E-state index contributed by atoms with van der Waals surface area (Å²) in [5.74, 6) is 0.455. The van der Waals surface area contributed by atoms with Gasteiger partial charge in [-0.15, -0.1) is 0 Å². The molecule has 0 unspecified atom stereocenters. The molecule has 0 atom stereocenters. The molecule has 8 heteroatoms. The molecule has 2 aromatic carbocycles. The van der Waals surface area contributed by atoms with Crippen LogP contribution in [0.2, 0.25) is 0 Å². The van der Waals surface area contributed by atoms with Gasteiger partial charge in [0.25, 0.3) is 0 Å². The van der Waals surface area contributed by atoms with Crippen LogP contribution in [0.5, 0.6) is 17.2 Å². The number of rotatable bonds is 6. The molecular formula is C20H23N3O4S. The van der Waals surface area contributed by atoms with Crippen LogP contribution in [0.25, 0.3) is 0 Å². The molecular weight excluding hydrogens is 378 g/mol. The van der Waals surface area contributed by atoms with Crippen LogP contribution in [-0.2, 0) is 4.79 Å². The Hall–Kier alpha value is -3.13. The zero-order chi connectivity index (χ0) is 20.7. The standard InChI is InChI=1S/C20H23N3O4S/c1-12-6-7-16(13(2)8-12)22-20(28)23-21-11-15-9-17(25-4)19(27-14(3)24)18(10-15)26-5/h6-11H,1-5H3,(H2,22,23,28). The van der Waals surface area contributed by atoms with E-state index in [0.717, 1.165) is 11.3 Å². The van der Waals surface area contributed by atoms with Crippen molar-refractivity contribution in [2.24, 2.45) is 5.10 Å². The van der Waals surface area contributed by atoms with Crippen molar-refractivity contribution in [2.75, 3.05) is 19.5 Å². The molecule has 28 heavy (non-hydrogen) atoms. The number of carbonyl (C=O) groups excluding carboxylic acids is 1. The highest BCUT2D eigenvalue weighted by Gasteiger charge is 2.15. The lowest BCUT2D eigenvalue weighted by Crippen LogP contribution is -2.24. The van der Waals surface area contributed by atoms with Gasteiger partial charge in [-0.25, -0.2) is 0 Å². The highest BCUT2D eigenvalue weighted by atomic mass is 32.1. The van der Waals surface area contributed by atoms with Gasteiger partial charge in [0, 0.05) is 18.2 Å². The molecule has 0 aliphatic heterocycles.